The van der Waals surface area contributed by atoms with Crippen molar-refractivity contribution in [3.63, 3.8) is 0 Å². The van der Waals surface area contributed by atoms with E-state index >= 15 is 0 Å². The fourth-order valence-corrected chi connectivity index (χ4v) is 3.24. The highest BCUT2D eigenvalue weighted by Crippen LogP contribution is 2.06. The Balaban J connectivity index is 4.31. The van der Waals surface area contributed by atoms with E-state index in [1.165, 1.54) is 0 Å². The molecule has 0 spiro atoms. The van der Waals surface area contributed by atoms with Crippen molar-refractivity contribution in [2.45, 2.75) is 59.1 Å². The Kier molecular flexibility index (Phi) is 15.3. The van der Waals surface area contributed by atoms with E-state index in [1.54, 1.807) is 34.6 Å². The molecule has 16 heteroatoms. The second kappa shape index (κ2) is 16.6. The third-order valence-corrected chi connectivity index (χ3v) is 5.04. The van der Waals surface area contributed by atoms with E-state index in [9.17, 15) is 32.4 Å². The summed E-state index contributed by atoms with van der Waals surface area (Å²) < 4.78 is 38.8. The maximum absolute atomic E-state index is 12.1. The normalized spacial score (nSPS) is 12.1. The summed E-state index contributed by atoms with van der Waals surface area (Å²) >= 11 is 0. The molecule has 0 aliphatic carbocycles. The molecule has 0 bridgehead atoms. The Labute approximate surface area is 210 Å². The largest absolute Gasteiger partial charge is 0.466 e. The number of rotatable bonds is 16. The van der Waals surface area contributed by atoms with Gasteiger partial charge in [-0.3, -0.25) is 19.2 Å². The maximum Gasteiger partial charge on any atom is 0.408 e. The van der Waals surface area contributed by atoms with Gasteiger partial charge < -0.3 is 30.2 Å². The van der Waals surface area contributed by atoms with Gasteiger partial charge in [0.25, 0.3) is 0 Å². The van der Waals surface area contributed by atoms with Gasteiger partial charge in [0.1, 0.15) is 18.2 Å². The predicted octanol–water partition coefficient (Wildman–Crippen LogP) is -1.56. The summed E-state index contributed by atoms with van der Waals surface area (Å²) in [6.45, 7) is 7.50. The molecular formula is C20H37N5O10S. The second-order valence-corrected chi connectivity index (χ2v) is 10.1. The summed E-state index contributed by atoms with van der Waals surface area (Å²) in [5.74, 6) is -3.14. The van der Waals surface area contributed by atoms with Crippen molar-refractivity contribution >= 4 is 39.9 Å². The quantitative estimate of drug-likeness (QED) is 0.0656. The topological polar surface area (TPSA) is 207 Å². The zero-order valence-corrected chi connectivity index (χ0v) is 22.0. The fraction of sp³-hybridized carbons (Fsp3) is 0.750. The maximum atomic E-state index is 12.1. The van der Waals surface area contributed by atoms with E-state index in [0.29, 0.717) is 0 Å². The number of alkyl carbamates (subject to hydrolysis) is 1. The lowest BCUT2D eigenvalue weighted by Gasteiger charge is -2.19. The molecular weight excluding hydrogens is 502 g/mol. The van der Waals surface area contributed by atoms with Gasteiger partial charge in [0, 0.05) is 6.54 Å². The minimum Gasteiger partial charge on any atom is -0.466 e. The van der Waals surface area contributed by atoms with Crippen molar-refractivity contribution in [3.05, 3.63) is 0 Å². The van der Waals surface area contributed by atoms with Gasteiger partial charge in [-0.05, 0) is 41.0 Å². The molecule has 0 heterocycles. The lowest BCUT2D eigenvalue weighted by molar-refractivity contribution is -0.152. The summed E-state index contributed by atoms with van der Waals surface area (Å²) in [6, 6.07) is -1.29. The Morgan fingerprint density at radius 2 is 1.44 bits per heavy atom. The molecule has 36 heavy (non-hydrogen) atoms. The lowest BCUT2D eigenvalue weighted by Crippen LogP contribution is -2.50. The van der Waals surface area contributed by atoms with Crippen LogP contribution in [-0.4, -0.2) is 88.5 Å². The Morgan fingerprint density at radius 3 is 2.03 bits per heavy atom. The van der Waals surface area contributed by atoms with E-state index in [-0.39, 0.29) is 39.3 Å². The monoisotopic (exact) mass is 539 g/mol. The molecule has 0 saturated carbocycles. The highest BCUT2D eigenvalue weighted by Gasteiger charge is 2.25. The van der Waals surface area contributed by atoms with Gasteiger partial charge in [-0.15, -0.1) is 0 Å². The minimum atomic E-state index is -3.92. The zero-order chi connectivity index (χ0) is 27.8. The standard InChI is InChI=1S/C20H37N5O10S/c1-6-33-17(28)11-14(18(29)34-7-2)24-25-36(31,32)10-8-9-21-15(26)12-22-16(27)13-23-19(30)35-20(3,4)5/h14,24-25H,6-13H2,1-5H3,(H,21,26)(H,22,27)(H,23,30)/t14-/m0/s1. The van der Waals surface area contributed by atoms with Crippen LogP contribution in [0.4, 0.5) is 4.79 Å². The van der Waals surface area contributed by atoms with E-state index in [4.69, 9.17) is 14.2 Å². The highest BCUT2D eigenvalue weighted by atomic mass is 32.2. The number of esters is 2. The molecule has 0 aromatic carbocycles. The average molecular weight is 540 g/mol. The SMILES string of the molecule is CCOC(=O)C[C@H](NNS(=O)(=O)CCCNC(=O)CNC(=O)CNC(=O)OC(C)(C)C)C(=O)OCC. The van der Waals surface area contributed by atoms with Gasteiger partial charge in [-0.25, -0.2) is 18.6 Å². The molecule has 0 aliphatic rings. The molecule has 0 fully saturated rings. The molecule has 3 amide bonds. The molecule has 5 N–H and O–H groups in total. The molecule has 0 aromatic rings. The summed E-state index contributed by atoms with van der Waals surface area (Å²) in [7, 11) is -3.92. The number of hydrazine groups is 1. The van der Waals surface area contributed by atoms with Crippen molar-refractivity contribution in [1.82, 2.24) is 26.2 Å². The summed E-state index contributed by atoms with van der Waals surface area (Å²) in [5.41, 5.74) is 1.54. The van der Waals surface area contributed by atoms with Gasteiger partial charge in [0.2, 0.25) is 21.8 Å². The molecule has 0 unspecified atom stereocenters. The molecule has 15 nitrogen and oxygen atoms in total. The van der Waals surface area contributed by atoms with E-state index in [2.05, 4.69) is 21.4 Å². The average Bonchev–Trinajstić information content (AvgIpc) is 2.76. The first-order valence-electron chi connectivity index (χ1n) is 11.3. The van der Waals surface area contributed by atoms with Gasteiger partial charge >= 0.3 is 18.0 Å². The van der Waals surface area contributed by atoms with Crippen molar-refractivity contribution in [1.29, 1.82) is 0 Å². The number of amides is 3. The number of carbonyl (C=O) groups excluding carboxylic acids is 5. The molecule has 208 valence electrons. The third kappa shape index (κ3) is 17.5. The summed E-state index contributed by atoms with van der Waals surface area (Å²) in [5, 5.41) is 6.97. The number of hydrogen-bond donors (Lipinski definition) is 5. The van der Waals surface area contributed by atoms with Gasteiger partial charge in [-0.1, -0.05) is 0 Å². The van der Waals surface area contributed by atoms with Crippen molar-refractivity contribution in [2.24, 2.45) is 0 Å². The number of hydrogen-bond acceptors (Lipinski definition) is 11. The third-order valence-electron chi connectivity index (χ3n) is 3.79. The number of sulfonamides is 1. The van der Waals surface area contributed by atoms with E-state index < -0.39 is 63.7 Å². The molecule has 0 aliphatic heterocycles. The van der Waals surface area contributed by atoms with Crippen molar-refractivity contribution < 1.29 is 46.6 Å². The van der Waals surface area contributed by atoms with Crippen LogP contribution in [-0.2, 0) is 43.4 Å². The van der Waals surface area contributed by atoms with Crippen LogP contribution < -0.4 is 26.2 Å². The summed E-state index contributed by atoms with van der Waals surface area (Å²) in [6.07, 6.45) is -1.20. The van der Waals surface area contributed by atoms with E-state index in [0.717, 1.165) is 0 Å². The van der Waals surface area contributed by atoms with Crippen LogP contribution >= 0.6 is 0 Å². The van der Waals surface area contributed by atoms with Crippen molar-refractivity contribution in [3.8, 4) is 0 Å². The predicted molar refractivity (Wildman–Crippen MR) is 127 cm³/mol. The van der Waals surface area contributed by atoms with Crippen LogP contribution in [0.1, 0.15) is 47.5 Å². The van der Waals surface area contributed by atoms with Crippen LogP contribution in [0.5, 0.6) is 0 Å². The van der Waals surface area contributed by atoms with Gasteiger partial charge in [0.15, 0.2) is 0 Å². The first-order chi connectivity index (χ1) is 16.7. The van der Waals surface area contributed by atoms with Crippen LogP contribution in [0.2, 0.25) is 0 Å². The first kappa shape index (κ1) is 33.0. The fourth-order valence-electron chi connectivity index (χ4n) is 2.30. The smallest absolute Gasteiger partial charge is 0.408 e. The molecule has 0 aromatic heterocycles. The molecule has 0 rings (SSSR count). The number of carbonyl (C=O) groups is 5. The highest BCUT2D eigenvalue weighted by molar-refractivity contribution is 7.89. The van der Waals surface area contributed by atoms with Crippen LogP contribution in [0.15, 0.2) is 0 Å². The molecule has 1 atom stereocenters. The lowest BCUT2D eigenvalue weighted by atomic mass is 10.2. The van der Waals surface area contributed by atoms with Crippen molar-refractivity contribution in [2.75, 3.05) is 38.6 Å². The Hall–Kier alpha value is -2.98. The number of ether oxygens (including phenoxy) is 3. The second-order valence-electron chi connectivity index (χ2n) is 8.21. The minimum absolute atomic E-state index is 0.0127. The van der Waals surface area contributed by atoms with Crippen LogP contribution in [0, 0.1) is 0 Å². The number of nitrogens with one attached hydrogen (secondary N) is 5. The van der Waals surface area contributed by atoms with Gasteiger partial charge in [-0.2, -0.15) is 4.83 Å². The van der Waals surface area contributed by atoms with Crippen LogP contribution in [0.3, 0.4) is 0 Å². The Bertz CT molecular complexity index is 857. The summed E-state index contributed by atoms with van der Waals surface area (Å²) in [4.78, 5) is 60.5. The van der Waals surface area contributed by atoms with Gasteiger partial charge in [0.05, 0.1) is 31.9 Å². The first-order valence-corrected chi connectivity index (χ1v) is 12.9. The van der Waals surface area contributed by atoms with E-state index in [1.807, 2.05) is 4.83 Å². The molecule has 0 saturated heterocycles. The molecule has 0 radical (unpaired) electrons. The Morgan fingerprint density at radius 1 is 0.861 bits per heavy atom. The van der Waals surface area contributed by atoms with Crippen LogP contribution in [0.25, 0.3) is 0 Å². The zero-order valence-electron chi connectivity index (χ0n) is 21.2.